The van der Waals surface area contributed by atoms with Gasteiger partial charge in [-0.3, -0.25) is 4.79 Å². The second-order valence-electron chi connectivity index (χ2n) is 6.17. The number of ketones is 1. The maximum absolute atomic E-state index is 12.9. The number of ether oxygens (including phenoxy) is 1. The fourth-order valence-electron chi connectivity index (χ4n) is 3.33. The van der Waals surface area contributed by atoms with Crippen molar-refractivity contribution in [2.75, 3.05) is 7.11 Å². The first kappa shape index (κ1) is 14.7. The topological polar surface area (TPSA) is 26.3 Å². The van der Waals surface area contributed by atoms with Gasteiger partial charge in [-0.05, 0) is 52.6 Å². The quantitative estimate of drug-likeness (QED) is 0.686. The first-order valence-electron chi connectivity index (χ1n) is 8.13. The van der Waals surface area contributed by atoms with Crippen molar-refractivity contribution in [1.82, 2.24) is 0 Å². The number of carbonyl (C=O) groups excluding carboxylic acids is 1. The van der Waals surface area contributed by atoms with Gasteiger partial charge in [0.2, 0.25) is 0 Å². The molecule has 0 bridgehead atoms. The highest BCUT2D eigenvalue weighted by Gasteiger charge is 2.24. The zero-order chi connectivity index (χ0) is 16.5. The molecule has 3 aromatic carbocycles. The Morgan fingerprint density at radius 2 is 1.75 bits per heavy atom. The maximum atomic E-state index is 12.9. The molecule has 0 fully saturated rings. The van der Waals surface area contributed by atoms with Crippen molar-refractivity contribution in [3.05, 3.63) is 83.4 Å². The van der Waals surface area contributed by atoms with Crippen LogP contribution in [-0.4, -0.2) is 12.9 Å². The van der Waals surface area contributed by atoms with Crippen molar-refractivity contribution in [2.45, 2.75) is 6.42 Å². The van der Waals surface area contributed by atoms with Crippen molar-refractivity contribution < 1.29 is 9.53 Å². The monoisotopic (exact) mass is 314 g/mol. The molecular formula is C22H18O2. The number of benzene rings is 3. The molecule has 3 aromatic rings. The molecule has 0 aliphatic heterocycles. The average Bonchev–Trinajstić information content (AvgIpc) is 2.63. The summed E-state index contributed by atoms with van der Waals surface area (Å²) in [6.45, 7) is 0. The van der Waals surface area contributed by atoms with Crippen LogP contribution < -0.4 is 4.74 Å². The van der Waals surface area contributed by atoms with E-state index in [4.69, 9.17) is 4.74 Å². The molecule has 24 heavy (non-hydrogen) atoms. The predicted octanol–water partition coefficient (Wildman–Crippen LogP) is 4.92. The van der Waals surface area contributed by atoms with Gasteiger partial charge in [0.15, 0.2) is 5.78 Å². The number of rotatable bonds is 3. The van der Waals surface area contributed by atoms with Gasteiger partial charge in [0.1, 0.15) is 5.75 Å². The number of hydrogen-bond donors (Lipinski definition) is 0. The Kier molecular flexibility index (Phi) is 3.66. The van der Waals surface area contributed by atoms with Gasteiger partial charge in [0, 0.05) is 11.5 Å². The summed E-state index contributed by atoms with van der Waals surface area (Å²) >= 11 is 0. The summed E-state index contributed by atoms with van der Waals surface area (Å²) < 4.78 is 5.27. The second kappa shape index (κ2) is 5.97. The number of fused-ring (bicyclic) bond motifs is 2. The van der Waals surface area contributed by atoms with E-state index < -0.39 is 0 Å². The minimum absolute atomic E-state index is 0.120. The Morgan fingerprint density at radius 3 is 2.54 bits per heavy atom. The summed E-state index contributed by atoms with van der Waals surface area (Å²) in [4.78, 5) is 12.9. The summed E-state index contributed by atoms with van der Waals surface area (Å²) in [5.41, 5.74) is 2.95. The molecule has 0 spiro atoms. The molecule has 4 rings (SSSR count). The Bertz CT molecular complexity index is 953. The number of Topliss-reactive ketones (excluding diaryl/α,β-unsaturated/α-hetero) is 1. The van der Waals surface area contributed by atoms with Gasteiger partial charge in [0.05, 0.1) is 7.11 Å². The highest BCUT2D eigenvalue weighted by atomic mass is 16.5. The lowest BCUT2D eigenvalue weighted by Gasteiger charge is -2.19. The van der Waals surface area contributed by atoms with Crippen LogP contribution >= 0.6 is 0 Å². The minimum atomic E-state index is -0.120. The number of hydrogen-bond acceptors (Lipinski definition) is 2. The Morgan fingerprint density at radius 1 is 0.958 bits per heavy atom. The Labute approximate surface area is 141 Å². The molecule has 0 amide bonds. The molecule has 0 heterocycles. The third-order valence-corrected chi connectivity index (χ3v) is 4.62. The van der Waals surface area contributed by atoms with Gasteiger partial charge >= 0.3 is 0 Å². The second-order valence-corrected chi connectivity index (χ2v) is 6.17. The van der Waals surface area contributed by atoms with E-state index in [2.05, 4.69) is 24.3 Å². The van der Waals surface area contributed by atoms with Crippen LogP contribution in [0.1, 0.15) is 21.5 Å². The Balaban J connectivity index is 1.67. The van der Waals surface area contributed by atoms with Crippen LogP contribution in [0.5, 0.6) is 5.75 Å². The lowest BCUT2D eigenvalue weighted by molar-refractivity contribution is 0.0943. The molecule has 1 aliphatic rings. The first-order valence-corrected chi connectivity index (χ1v) is 8.13. The van der Waals surface area contributed by atoms with Gasteiger partial charge in [0.25, 0.3) is 0 Å². The lowest BCUT2D eigenvalue weighted by Crippen LogP contribution is -2.19. The molecule has 2 nitrogen and oxygen atoms in total. The minimum Gasteiger partial charge on any atom is -0.497 e. The fraction of sp³-hybridized carbons (Fsp3) is 0.136. The lowest BCUT2D eigenvalue weighted by atomic mass is 9.83. The molecule has 0 saturated heterocycles. The molecule has 1 atom stereocenters. The van der Waals surface area contributed by atoms with E-state index in [1.807, 2.05) is 48.5 Å². The molecule has 0 saturated carbocycles. The van der Waals surface area contributed by atoms with E-state index in [0.717, 1.165) is 27.8 Å². The molecule has 0 aromatic heterocycles. The van der Waals surface area contributed by atoms with Crippen LogP contribution in [0.25, 0.3) is 16.8 Å². The summed E-state index contributed by atoms with van der Waals surface area (Å²) in [6.07, 6.45) is 4.80. The van der Waals surface area contributed by atoms with Crippen LogP contribution in [0.4, 0.5) is 0 Å². The first-order chi connectivity index (χ1) is 11.7. The summed E-state index contributed by atoms with van der Waals surface area (Å²) in [7, 11) is 1.66. The van der Waals surface area contributed by atoms with Crippen LogP contribution in [0.15, 0.2) is 66.7 Å². The molecular weight excluding hydrogens is 296 g/mol. The van der Waals surface area contributed by atoms with E-state index in [0.29, 0.717) is 6.42 Å². The van der Waals surface area contributed by atoms with Crippen molar-refractivity contribution in [3.63, 3.8) is 0 Å². The third-order valence-electron chi connectivity index (χ3n) is 4.62. The van der Waals surface area contributed by atoms with E-state index in [9.17, 15) is 4.79 Å². The smallest absolute Gasteiger partial charge is 0.170 e. The van der Waals surface area contributed by atoms with E-state index in [1.165, 1.54) is 5.39 Å². The Hall–Kier alpha value is -2.87. The molecule has 2 heteroatoms. The SMILES string of the molecule is COc1cccc(CC2C=Cc3cc4ccccc4cc3C2=O)c1. The highest BCUT2D eigenvalue weighted by Crippen LogP contribution is 2.29. The van der Waals surface area contributed by atoms with Crippen LogP contribution in [0.2, 0.25) is 0 Å². The van der Waals surface area contributed by atoms with E-state index >= 15 is 0 Å². The van der Waals surface area contributed by atoms with Gasteiger partial charge in [-0.25, -0.2) is 0 Å². The standard InChI is InChI=1S/C22H18O2/c1-24-20-8-4-5-15(12-20)11-19-10-9-18-13-16-6-2-3-7-17(16)14-21(18)22(19)23/h2-10,12-14,19H,11H2,1H3. The predicted molar refractivity (Wildman–Crippen MR) is 97.5 cm³/mol. The van der Waals surface area contributed by atoms with Gasteiger partial charge in [-0.15, -0.1) is 0 Å². The van der Waals surface area contributed by atoms with Crippen LogP contribution in [0, 0.1) is 5.92 Å². The molecule has 118 valence electrons. The number of methoxy groups -OCH3 is 1. The summed E-state index contributed by atoms with van der Waals surface area (Å²) in [5.74, 6) is 0.901. The molecule has 1 unspecified atom stereocenters. The van der Waals surface area contributed by atoms with Crippen LogP contribution in [0.3, 0.4) is 0 Å². The summed E-state index contributed by atoms with van der Waals surface area (Å²) in [5, 5.41) is 2.28. The number of carbonyl (C=O) groups is 1. The van der Waals surface area contributed by atoms with E-state index in [1.54, 1.807) is 7.11 Å². The van der Waals surface area contributed by atoms with Crippen molar-refractivity contribution >= 4 is 22.6 Å². The van der Waals surface area contributed by atoms with Crippen molar-refractivity contribution in [1.29, 1.82) is 0 Å². The third kappa shape index (κ3) is 2.61. The van der Waals surface area contributed by atoms with Crippen molar-refractivity contribution in [2.24, 2.45) is 5.92 Å². The zero-order valence-electron chi connectivity index (χ0n) is 13.5. The molecule has 0 N–H and O–H groups in total. The normalized spacial score (nSPS) is 16.2. The average molecular weight is 314 g/mol. The largest absolute Gasteiger partial charge is 0.497 e. The van der Waals surface area contributed by atoms with Gasteiger partial charge in [-0.2, -0.15) is 0 Å². The highest BCUT2D eigenvalue weighted by molar-refractivity contribution is 6.07. The fourth-order valence-corrected chi connectivity index (χ4v) is 3.33. The van der Waals surface area contributed by atoms with Crippen molar-refractivity contribution in [3.8, 4) is 5.75 Å². The van der Waals surface area contributed by atoms with Gasteiger partial charge in [-0.1, -0.05) is 48.6 Å². The van der Waals surface area contributed by atoms with Crippen LogP contribution in [-0.2, 0) is 6.42 Å². The van der Waals surface area contributed by atoms with E-state index in [-0.39, 0.29) is 11.7 Å². The molecule has 1 aliphatic carbocycles. The number of allylic oxidation sites excluding steroid dienone is 1. The maximum Gasteiger partial charge on any atom is 0.170 e. The van der Waals surface area contributed by atoms with Gasteiger partial charge < -0.3 is 4.74 Å². The summed E-state index contributed by atoms with van der Waals surface area (Å²) in [6, 6.07) is 20.2. The molecule has 0 radical (unpaired) electrons. The zero-order valence-corrected chi connectivity index (χ0v) is 13.5.